The Kier molecular flexibility index (Phi) is 5.68. The SMILES string of the molecule is c1cnc2c(OC3CCC(Nc4ncc(C5CC5)cn4)CC3)cc(N3CCOCC3)cc2n1. The molecule has 3 aliphatic rings. The highest BCUT2D eigenvalue weighted by Crippen LogP contribution is 2.39. The van der Waals surface area contributed by atoms with Crippen molar-refractivity contribution in [1.29, 1.82) is 0 Å². The molecule has 172 valence electrons. The first-order valence-corrected chi connectivity index (χ1v) is 12.1. The maximum atomic E-state index is 6.53. The van der Waals surface area contributed by atoms with Gasteiger partial charge < -0.3 is 19.7 Å². The molecule has 0 radical (unpaired) electrons. The predicted molar refractivity (Wildman–Crippen MR) is 127 cm³/mol. The van der Waals surface area contributed by atoms with Gasteiger partial charge in [-0.2, -0.15) is 0 Å². The lowest BCUT2D eigenvalue weighted by atomic mass is 9.93. The zero-order chi connectivity index (χ0) is 22.0. The van der Waals surface area contributed by atoms with Crippen molar-refractivity contribution in [3.8, 4) is 5.75 Å². The molecule has 2 aromatic heterocycles. The van der Waals surface area contributed by atoms with Crippen LogP contribution in [0.3, 0.4) is 0 Å². The third-order valence-corrected chi connectivity index (χ3v) is 6.92. The quantitative estimate of drug-likeness (QED) is 0.610. The molecule has 1 aliphatic heterocycles. The second kappa shape index (κ2) is 9.09. The first-order chi connectivity index (χ1) is 16.3. The number of anilines is 2. The van der Waals surface area contributed by atoms with E-state index in [9.17, 15) is 0 Å². The number of morpholine rings is 1. The molecule has 6 rings (SSSR count). The van der Waals surface area contributed by atoms with Gasteiger partial charge in [0.05, 0.1) is 24.8 Å². The minimum absolute atomic E-state index is 0.173. The molecule has 33 heavy (non-hydrogen) atoms. The van der Waals surface area contributed by atoms with Gasteiger partial charge in [-0.3, -0.25) is 4.98 Å². The van der Waals surface area contributed by atoms with E-state index in [0.717, 1.165) is 80.4 Å². The molecular formula is C25H30N6O2. The fourth-order valence-electron chi connectivity index (χ4n) is 4.85. The molecule has 3 fully saturated rings. The van der Waals surface area contributed by atoms with Crippen LogP contribution in [0.15, 0.2) is 36.9 Å². The van der Waals surface area contributed by atoms with E-state index in [1.165, 1.54) is 18.4 Å². The zero-order valence-corrected chi connectivity index (χ0v) is 18.8. The predicted octanol–water partition coefficient (Wildman–Crippen LogP) is 3.94. The molecule has 8 heteroatoms. The summed E-state index contributed by atoms with van der Waals surface area (Å²) in [5, 5.41) is 3.51. The van der Waals surface area contributed by atoms with Crippen molar-refractivity contribution in [2.45, 2.75) is 56.6 Å². The summed E-state index contributed by atoms with van der Waals surface area (Å²) in [4.78, 5) is 20.5. The summed E-state index contributed by atoms with van der Waals surface area (Å²) in [5.41, 5.74) is 4.10. The normalized spacial score (nSPS) is 23.5. The monoisotopic (exact) mass is 446 g/mol. The highest BCUT2D eigenvalue weighted by molar-refractivity contribution is 5.85. The van der Waals surface area contributed by atoms with Crippen LogP contribution in [0.2, 0.25) is 0 Å². The molecule has 0 unspecified atom stereocenters. The van der Waals surface area contributed by atoms with Gasteiger partial charge in [0.25, 0.3) is 0 Å². The van der Waals surface area contributed by atoms with Crippen molar-refractivity contribution < 1.29 is 9.47 Å². The van der Waals surface area contributed by atoms with Gasteiger partial charge in [-0.1, -0.05) is 0 Å². The Morgan fingerprint density at radius 1 is 0.879 bits per heavy atom. The van der Waals surface area contributed by atoms with Crippen LogP contribution in [0.4, 0.5) is 11.6 Å². The van der Waals surface area contributed by atoms with Crippen LogP contribution >= 0.6 is 0 Å². The van der Waals surface area contributed by atoms with E-state index in [4.69, 9.17) is 9.47 Å². The van der Waals surface area contributed by atoms with E-state index < -0.39 is 0 Å². The average molecular weight is 447 g/mol. The zero-order valence-electron chi connectivity index (χ0n) is 18.8. The van der Waals surface area contributed by atoms with Crippen molar-refractivity contribution in [2.75, 3.05) is 36.5 Å². The van der Waals surface area contributed by atoms with Gasteiger partial charge >= 0.3 is 0 Å². The smallest absolute Gasteiger partial charge is 0.222 e. The van der Waals surface area contributed by atoms with E-state index in [1.807, 2.05) is 12.4 Å². The van der Waals surface area contributed by atoms with E-state index in [-0.39, 0.29) is 6.10 Å². The minimum atomic E-state index is 0.173. The summed E-state index contributed by atoms with van der Waals surface area (Å²) in [6.07, 6.45) is 14.2. The number of benzene rings is 1. The number of ether oxygens (including phenoxy) is 2. The summed E-state index contributed by atoms with van der Waals surface area (Å²) >= 11 is 0. The molecule has 0 spiro atoms. The number of aromatic nitrogens is 4. The van der Waals surface area contributed by atoms with Gasteiger partial charge in [0.15, 0.2) is 0 Å². The Hall–Kier alpha value is -3.00. The van der Waals surface area contributed by atoms with E-state index in [2.05, 4.69) is 42.3 Å². The Morgan fingerprint density at radius 2 is 1.64 bits per heavy atom. The molecule has 0 bridgehead atoms. The molecule has 3 aromatic rings. The lowest BCUT2D eigenvalue weighted by Crippen LogP contribution is -2.36. The fourth-order valence-corrected chi connectivity index (χ4v) is 4.85. The molecule has 1 saturated heterocycles. The summed E-state index contributed by atoms with van der Waals surface area (Å²) < 4.78 is 12.0. The molecular weight excluding hydrogens is 416 g/mol. The summed E-state index contributed by atoms with van der Waals surface area (Å²) in [6, 6.07) is 4.62. The Bertz CT molecular complexity index is 1090. The Labute approximate surface area is 193 Å². The molecule has 2 saturated carbocycles. The maximum absolute atomic E-state index is 6.53. The second-order valence-electron chi connectivity index (χ2n) is 9.32. The van der Waals surface area contributed by atoms with E-state index in [0.29, 0.717) is 12.0 Å². The van der Waals surface area contributed by atoms with Crippen LogP contribution in [0.1, 0.15) is 50.0 Å². The number of hydrogen-bond donors (Lipinski definition) is 1. The van der Waals surface area contributed by atoms with Crippen LogP contribution in [0.25, 0.3) is 11.0 Å². The van der Waals surface area contributed by atoms with Crippen molar-refractivity contribution in [3.63, 3.8) is 0 Å². The van der Waals surface area contributed by atoms with E-state index >= 15 is 0 Å². The fraction of sp³-hybridized carbons (Fsp3) is 0.520. The minimum Gasteiger partial charge on any atom is -0.488 e. The average Bonchev–Trinajstić information content (AvgIpc) is 3.72. The number of nitrogens with one attached hydrogen (secondary N) is 1. The standard InChI is InChI=1S/C25H30N6O2/c1-2-17(1)18-15-28-25(29-16-18)30-19-3-5-21(6-4-19)33-23-14-20(31-9-11-32-12-10-31)13-22-24(23)27-8-7-26-22/h7-8,13-17,19,21H,1-6,9-12H2,(H,28,29,30). The van der Waals surface area contributed by atoms with Crippen LogP contribution in [-0.4, -0.2) is 58.4 Å². The van der Waals surface area contributed by atoms with E-state index in [1.54, 1.807) is 12.4 Å². The van der Waals surface area contributed by atoms with Crippen molar-refractivity contribution >= 4 is 22.7 Å². The number of fused-ring (bicyclic) bond motifs is 1. The molecule has 3 heterocycles. The Morgan fingerprint density at radius 3 is 2.39 bits per heavy atom. The van der Waals surface area contributed by atoms with Gasteiger partial charge in [-0.15, -0.1) is 0 Å². The molecule has 2 aliphatic carbocycles. The van der Waals surface area contributed by atoms with Crippen LogP contribution in [0, 0.1) is 0 Å². The van der Waals surface area contributed by atoms with Gasteiger partial charge in [-0.25, -0.2) is 15.0 Å². The van der Waals surface area contributed by atoms with Crippen molar-refractivity contribution in [1.82, 2.24) is 19.9 Å². The maximum Gasteiger partial charge on any atom is 0.222 e. The Balaban J connectivity index is 1.11. The van der Waals surface area contributed by atoms with Crippen LogP contribution in [0.5, 0.6) is 5.75 Å². The van der Waals surface area contributed by atoms with Gasteiger partial charge in [0.2, 0.25) is 5.95 Å². The van der Waals surface area contributed by atoms with Crippen molar-refractivity contribution in [2.24, 2.45) is 0 Å². The van der Waals surface area contributed by atoms with Crippen LogP contribution < -0.4 is 15.0 Å². The highest BCUT2D eigenvalue weighted by Gasteiger charge is 2.26. The lowest BCUT2D eigenvalue weighted by Gasteiger charge is -2.31. The summed E-state index contributed by atoms with van der Waals surface area (Å²) in [7, 11) is 0. The second-order valence-corrected chi connectivity index (χ2v) is 9.32. The molecule has 8 nitrogen and oxygen atoms in total. The van der Waals surface area contributed by atoms with Gasteiger partial charge in [-0.05, 0) is 56.1 Å². The molecule has 0 atom stereocenters. The number of hydrogen-bond acceptors (Lipinski definition) is 8. The summed E-state index contributed by atoms with van der Waals surface area (Å²) in [6.45, 7) is 3.26. The van der Waals surface area contributed by atoms with Crippen molar-refractivity contribution in [3.05, 3.63) is 42.5 Å². The molecule has 1 N–H and O–H groups in total. The number of nitrogens with zero attached hydrogens (tertiary/aromatic N) is 5. The topological polar surface area (TPSA) is 85.3 Å². The first-order valence-electron chi connectivity index (χ1n) is 12.1. The number of rotatable bonds is 6. The largest absolute Gasteiger partial charge is 0.488 e. The lowest BCUT2D eigenvalue weighted by molar-refractivity contribution is 0.122. The summed E-state index contributed by atoms with van der Waals surface area (Å²) in [5.74, 6) is 2.26. The third kappa shape index (κ3) is 4.71. The van der Waals surface area contributed by atoms with Gasteiger partial charge in [0, 0.05) is 55.7 Å². The van der Waals surface area contributed by atoms with Crippen LogP contribution in [-0.2, 0) is 4.74 Å². The highest BCUT2D eigenvalue weighted by atomic mass is 16.5. The first kappa shape index (κ1) is 20.6. The van der Waals surface area contributed by atoms with Gasteiger partial charge in [0.1, 0.15) is 11.3 Å². The molecule has 0 amide bonds. The third-order valence-electron chi connectivity index (χ3n) is 6.92. The molecule has 1 aromatic carbocycles.